The van der Waals surface area contributed by atoms with Crippen molar-refractivity contribution in [1.29, 1.82) is 0 Å². The molecule has 4 aromatic heterocycles. The van der Waals surface area contributed by atoms with Crippen molar-refractivity contribution in [3.63, 3.8) is 0 Å². The highest BCUT2D eigenvalue weighted by molar-refractivity contribution is 5.97. The maximum Gasteiger partial charge on any atom is 0.228 e. The van der Waals surface area contributed by atoms with Crippen molar-refractivity contribution in [3.05, 3.63) is 36.7 Å². The van der Waals surface area contributed by atoms with Crippen molar-refractivity contribution < 1.29 is 18.3 Å². The lowest BCUT2D eigenvalue weighted by Crippen LogP contribution is -2.39. The summed E-state index contributed by atoms with van der Waals surface area (Å²) >= 11 is 0. The van der Waals surface area contributed by atoms with E-state index in [2.05, 4.69) is 25.3 Å². The first-order valence-corrected chi connectivity index (χ1v) is 9.18. The molecule has 2 N–H and O–H groups in total. The Morgan fingerprint density at radius 3 is 3.10 bits per heavy atom. The molecule has 1 aliphatic rings. The number of methoxy groups -OCH3 is 1. The minimum absolute atomic E-state index is 0.0476. The van der Waals surface area contributed by atoms with Gasteiger partial charge in [-0.15, -0.1) is 0 Å². The van der Waals surface area contributed by atoms with E-state index in [1.54, 1.807) is 23.0 Å². The molecule has 2 atom stereocenters. The van der Waals surface area contributed by atoms with E-state index in [-0.39, 0.29) is 18.2 Å². The molecule has 0 aromatic carbocycles. The molecule has 4 aromatic rings. The summed E-state index contributed by atoms with van der Waals surface area (Å²) in [4.78, 5) is 15.9. The molecule has 29 heavy (non-hydrogen) atoms. The first-order valence-electron chi connectivity index (χ1n) is 9.18. The number of aromatic amines is 1. The molecule has 0 radical (unpaired) electrons. The SMILES string of the molecule is COc1nc(NC2CCOC[C@@H]2F)nc2[nH]cc(-c3cc(F)c4nccn4c3)c12. The Balaban J connectivity index is 1.57. The number of H-pyrrole nitrogens is 1. The number of nitrogens with one attached hydrogen (secondary N) is 2. The molecule has 0 spiro atoms. The zero-order valence-corrected chi connectivity index (χ0v) is 15.5. The normalized spacial score (nSPS) is 19.7. The van der Waals surface area contributed by atoms with E-state index >= 15 is 0 Å². The zero-order valence-electron chi connectivity index (χ0n) is 15.5. The Labute approximate surface area is 163 Å². The molecule has 10 heteroatoms. The van der Waals surface area contributed by atoms with Crippen molar-refractivity contribution in [2.75, 3.05) is 25.6 Å². The average molecular weight is 400 g/mol. The van der Waals surface area contributed by atoms with Crippen LogP contribution in [0.4, 0.5) is 14.7 Å². The fourth-order valence-corrected chi connectivity index (χ4v) is 3.61. The van der Waals surface area contributed by atoms with Crippen molar-refractivity contribution in [2.24, 2.45) is 0 Å². The van der Waals surface area contributed by atoms with Crippen molar-refractivity contribution in [3.8, 4) is 17.0 Å². The summed E-state index contributed by atoms with van der Waals surface area (Å²) in [7, 11) is 1.49. The van der Waals surface area contributed by atoms with Gasteiger partial charge in [-0.2, -0.15) is 9.97 Å². The minimum atomic E-state index is -1.14. The molecular weight excluding hydrogens is 382 g/mol. The number of fused-ring (bicyclic) bond motifs is 2. The second-order valence-corrected chi connectivity index (χ2v) is 6.85. The maximum absolute atomic E-state index is 14.4. The summed E-state index contributed by atoms with van der Waals surface area (Å²) in [5, 5.41) is 3.64. The number of hydrogen-bond acceptors (Lipinski definition) is 6. The van der Waals surface area contributed by atoms with E-state index in [9.17, 15) is 8.78 Å². The first kappa shape index (κ1) is 17.8. The van der Waals surface area contributed by atoms with Gasteiger partial charge in [-0.05, 0) is 12.5 Å². The van der Waals surface area contributed by atoms with Gasteiger partial charge < -0.3 is 24.2 Å². The number of halogens is 2. The number of aromatic nitrogens is 5. The van der Waals surface area contributed by atoms with Crippen LogP contribution in [0.2, 0.25) is 0 Å². The van der Waals surface area contributed by atoms with Crippen molar-refractivity contribution >= 4 is 22.6 Å². The second kappa shape index (κ2) is 6.96. The minimum Gasteiger partial charge on any atom is -0.480 e. The molecule has 0 saturated carbocycles. The van der Waals surface area contributed by atoms with E-state index in [4.69, 9.17) is 9.47 Å². The molecule has 1 unspecified atom stereocenters. The van der Waals surface area contributed by atoms with Gasteiger partial charge in [0, 0.05) is 42.5 Å². The Hall–Kier alpha value is -3.27. The van der Waals surface area contributed by atoms with Crippen LogP contribution >= 0.6 is 0 Å². The molecule has 0 bridgehead atoms. The number of anilines is 1. The van der Waals surface area contributed by atoms with E-state index in [0.717, 1.165) is 0 Å². The smallest absolute Gasteiger partial charge is 0.228 e. The highest BCUT2D eigenvalue weighted by Crippen LogP contribution is 2.35. The largest absolute Gasteiger partial charge is 0.480 e. The molecule has 0 amide bonds. The molecule has 1 saturated heterocycles. The van der Waals surface area contributed by atoms with Crippen LogP contribution in [0.15, 0.2) is 30.9 Å². The van der Waals surface area contributed by atoms with Crippen LogP contribution < -0.4 is 10.1 Å². The molecule has 150 valence electrons. The lowest BCUT2D eigenvalue weighted by atomic mass is 10.1. The summed E-state index contributed by atoms with van der Waals surface area (Å²) in [5.41, 5.74) is 2.06. The molecule has 1 fully saturated rings. The standard InChI is InChI=1S/C19H18F2N6O2/c1-28-18-15-11(10-6-12(20)17-22-3-4-27(17)8-10)7-23-16(15)25-19(26-18)24-14-2-5-29-9-13(14)21/h3-4,6-8,13-14H,2,5,9H2,1H3,(H2,23,24,25,26)/t13-,14?/m0/s1. The Morgan fingerprint density at radius 2 is 2.28 bits per heavy atom. The predicted molar refractivity (Wildman–Crippen MR) is 102 cm³/mol. The van der Waals surface area contributed by atoms with Crippen molar-refractivity contribution in [1.82, 2.24) is 24.3 Å². The predicted octanol–water partition coefficient (Wildman–Crippen LogP) is 2.96. The molecule has 0 aliphatic carbocycles. The van der Waals surface area contributed by atoms with Gasteiger partial charge in [0.15, 0.2) is 11.5 Å². The molecule has 8 nitrogen and oxygen atoms in total. The van der Waals surface area contributed by atoms with E-state index in [0.29, 0.717) is 41.1 Å². The van der Waals surface area contributed by atoms with Gasteiger partial charge in [0.25, 0.3) is 0 Å². The maximum atomic E-state index is 14.4. The monoisotopic (exact) mass is 400 g/mol. The summed E-state index contributed by atoms with van der Waals surface area (Å²) in [5.74, 6) is 0.129. The summed E-state index contributed by atoms with van der Waals surface area (Å²) in [6.45, 7) is 0.526. The third kappa shape index (κ3) is 3.05. The Kier molecular flexibility index (Phi) is 4.27. The summed E-state index contributed by atoms with van der Waals surface area (Å²) in [6.07, 6.45) is 6.08. The summed E-state index contributed by atoms with van der Waals surface area (Å²) in [6, 6.07) is 0.977. The lowest BCUT2D eigenvalue weighted by molar-refractivity contribution is 0.0284. The molecule has 5 rings (SSSR count). The third-order valence-corrected chi connectivity index (χ3v) is 5.05. The summed E-state index contributed by atoms with van der Waals surface area (Å²) < 4.78 is 40.7. The number of imidazole rings is 1. The van der Waals surface area contributed by atoms with Gasteiger partial charge in [-0.1, -0.05) is 0 Å². The van der Waals surface area contributed by atoms with Gasteiger partial charge in [-0.25, -0.2) is 13.8 Å². The van der Waals surface area contributed by atoms with E-state index in [1.165, 1.54) is 19.4 Å². The zero-order chi connectivity index (χ0) is 20.0. The van der Waals surface area contributed by atoms with Crippen LogP contribution in [-0.2, 0) is 4.74 Å². The van der Waals surface area contributed by atoms with Crippen LogP contribution in [-0.4, -0.2) is 56.9 Å². The number of nitrogens with zero attached hydrogens (tertiary/aromatic N) is 4. The lowest BCUT2D eigenvalue weighted by Gasteiger charge is -2.26. The number of pyridine rings is 1. The van der Waals surface area contributed by atoms with Crippen LogP contribution in [0.3, 0.4) is 0 Å². The van der Waals surface area contributed by atoms with Crippen LogP contribution in [0.5, 0.6) is 5.88 Å². The topological polar surface area (TPSA) is 89.4 Å². The van der Waals surface area contributed by atoms with Gasteiger partial charge >= 0.3 is 0 Å². The first-order chi connectivity index (χ1) is 14.1. The van der Waals surface area contributed by atoms with Crippen molar-refractivity contribution in [2.45, 2.75) is 18.6 Å². The second-order valence-electron chi connectivity index (χ2n) is 6.85. The fourth-order valence-electron chi connectivity index (χ4n) is 3.61. The van der Waals surface area contributed by atoms with Gasteiger partial charge in [0.1, 0.15) is 11.8 Å². The highest BCUT2D eigenvalue weighted by atomic mass is 19.1. The van der Waals surface area contributed by atoms with E-state index in [1.807, 2.05) is 0 Å². The third-order valence-electron chi connectivity index (χ3n) is 5.05. The van der Waals surface area contributed by atoms with Crippen LogP contribution in [0.1, 0.15) is 6.42 Å². The Bertz CT molecular complexity index is 1190. The fraction of sp³-hybridized carbons (Fsp3) is 0.316. The van der Waals surface area contributed by atoms with Crippen LogP contribution in [0.25, 0.3) is 27.8 Å². The number of alkyl halides is 1. The highest BCUT2D eigenvalue weighted by Gasteiger charge is 2.27. The molecular formula is C19H18F2N6O2. The van der Waals surface area contributed by atoms with Gasteiger partial charge in [-0.3, -0.25) is 0 Å². The number of hydrogen-bond donors (Lipinski definition) is 2. The van der Waals surface area contributed by atoms with Gasteiger partial charge in [0.2, 0.25) is 11.8 Å². The molecule has 1 aliphatic heterocycles. The Morgan fingerprint density at radius 1 is 1.38 bits per heavy atom. The number of ether oxygens (including phenoxy) is 2. The van der Waals surface area contributed by atoms with E-state index < -0.39 is 18.0 Å². The quantitative estimate of drug-likeness (QED) is 0.548. The molecule has 5 heterocycles. The average Bonchev–Trinajstić information content (AvgIpc) is 3.36. The van der Waals surface area contributed by atoms with Crippen LogP contribution in [0, 0.1) is 5.82 Å². The van der Waals surface area contributed by atoms with Gasteiger partial charge in [0.05, 0.1) is 25.1 Å². The number of rotatable bonds is 4.